The van der Waals surface area contributed by atoms with E-state index in [1.165, 1.54) is 0 Å². The topological polar surface area (TPSA) is 55.1 Å². The third-order valence-corrected chi connectivity index (χ3v) is 1.65. The van der Waals surface area contributed by atoms with E-state index in [0.717, 1.165) is 0 Å². The van der Waals surface area contributed by atoms with Crippen molar-refractivity contribution in [2.45, 2.75) is 6.42 Å². The number of halogens is 1. The van der Waals surface area contributed by atoms with E-state index in [0.29, 0.717) is 23.1 Å². The van der Waals surface area contributed by atoms with Gasteiger partial charge in [0.1, 0.15) is 0 Å². The molecule has 0 aliphatic rings. The molecule has 0 saturated heterocycles. The molecule has 3 N–H and O–H groups in total. The predicted octanol–water partition coefficient (Wildman–Crippen LogP) is 1.43. The fourth-order valence-corrected chi connectivity index (χ4v) is 0.893. The van der Waals surface area contributed by atoms with Crippen LogP contribution in [0.5, 0.6) is 0 Å². The Morgan fingerprint density at radius 2 is 2.23 bits per heavy atom. The number of nitrogens with two attached hydrogens (primary N) is 1. The van der Waals surface area contributed by atoms with Gasteiger partial charge in [-0.15, -0.1) is 0 Å². The molecule has 0 saturated carbocycles. The molecule has 0 aromatic heterocycles. The highest BCUT2D eigenvalue weighted by molar-refractivity contribution is 9.11. The minimum atomic E-state index is -0.129. The van der Waals surface area contributed by atoms with Gasteiger partial charge in [-0.2, -0.15) is 0 Å². The lowest BCUT2D eigenvalue weighted by Crippen LogP contribution is -2.24. The van der Waals surface area contributed by atoms with Gasteiger partial charge in [0.15, 0.2) is 0 Å². The highest BCUT2D eigenvalue weighted by Gasteiger charge is 2.03. The van der Waals surface area contributed by atoms with Gasteiger partial charge >= 0.3 is 0 Å². The molecule has 0 aliphatic carbocycles. The van der Waals surface area contributed by atoms with Gasteiger partial charge < -0.3 is 11.1 Å². The normalized spacial score (nSPS) is 10.8. The Kier molecular flexibility index (Phi) is 6.18. The molecule has 0 aliphatic heterocycles. The van der Waals surface area contributed by atoms with Gasteiger partial charge in [-0.3, -0.25) is 4.79 Å². The molecule has 4 heteroatoms. The number of rotatable bonds is 5. The van der Waals surface area contributed by atoms with E-state index in [1.807, 2.05) is 0 Å². The molecule has 0 rings (SSSR count). The summed E-state index contributed by atoms with van der Waals surface area (Å²) >= 11 is 3.16. The third kappa shape index (κ3) is 5.38. The molecule has 0 aromatic carbocycles. The second-order valence-corrected chi connectivity index (χ2v) is 3.27. The number of hydrogen-bond donors (Lipinski definition) is 2. The smallest absolute Gasteiger partial charge is 0.225 e. The Morgan fingerprint density at radius 3 is 2.62 bits per heavy atom. The Bertz CT molecular complexity index is 246. The maximum Gasteiger partial charge on any atom is 0.225 e. The van der Waals surface area contributed by atoms with Gasteiger partial charge in [-0.05, 0) is 22.0 Å². The predicted molar refractivity (Wildman–Crippen MR) is 58.2 cm³/mol. The lowest BCUT2D eigenvalue weighted by Gasteiger charge is -2.06. The van der Waals surface area contributed by atoms with E-state index in [2.05, 4.69) is 34.4 Å². The fraction of sp³-hybridized carbons (Fsp3) is 0.222. The molecule has 0 unspecified atom stereocenters. The number of carbonyl (C=O) groups excluding carboxylic acids is 1. The quantitative estimate of drug-likeness (QED) is 0.720. The summed E-state index contributed by atoms with van der Waals surface area (Å²) in [5.41, 5.74) is 5.83. The first-order chi connectivity index (χ1) is 6.11. The van der Waals surface area contributed by atoms with Gasteiger partial charge in [-0.25, -0.2) is 0 Å². The Balaban J connectivity index is 4.27. The van der Waals surface area contributed by atoms with Crippen LogP contribution in [-0.4, -0.2) is 12.5 Å². The highest BCUT2D eigenvalue weighted by atomic mass is 79.9. The summed E-state index contributed by atoms with van der Waals surface area (Å²) in [6, 6.07) is 0. The van der Waals surface area contributed by atoms with Crippen LogP contribution in [0.4, 0.5) is 0 Å². The fourth-order valence-electron chi connectivity index (χ4n) is 0.662. The maximum atomic E-state index is 11.1. The molecule has 0 atom stereocenters. The summed E-state index contributed by atoms with van der Waals surface area (Å²) < 4.78 is 0.609. The molecule has 0 bridgehead atoms. The van der Waals surface area contributed by atoms with Crippen LogP contribution in [0, 0.1) is 0 Å². The zero-order chi connectivity index (χ0) is 10.3. The molecule has 1 amide bonds. The molecular weight excluding hydrogens is 232 g/mol. The lowest BCUT2D eigenvalue weighted by molar-refractivity contribution is -0.120. The number of allylic oxidation sites excluding steroid dienone is 3. The van der Waals surface area contributed by atoms with Crippen molar-refractivity contribution in [1.29, 1.82) is 0 Å². The van der Waals surface area contributed by atoms with Crippen LogP contribution < -0.4 is 11.1 Å². The van der Waals surface area contributed by atoms with Crippen LogP contribution in [0.1, 0.15) is 6.42 Å². The van der Waals surface area contributed by atoms with Crippen molar-refractivity contribution in [3.8, 4) is 0 Å². The zero-order valence-electron chi connectivity index (χ0n) is 7.35. The average molecular weight is 245 g/mol. The highest BCUT2D eigenvalue weighted by Crippen LogP contribution is 2.11. The number of amides is 1. The van der Waals surface area contributed by atoms with E-state index in [1.54, 1.807) is 12.2 Å². The van der Waals surface area contributed by atoms with E-state index in [4.69, 9.17) is 5.73 Å². The number of hydrogen-bond acceptors (Lipinski definition) is 2. The first kappa shape index (κ1) is 12.1. The Labute approximate surface area is 86.5 Å². The van der Waals surface area contributed by atoms with Crippen molar-refractivity contribution in [2.24, 2.45) is 5.73 Å². The van der Waals surface area contributed by atoms with E-state index in [9.17, 15) is 4.79 Å². The molecule has 0 fully saturated rings. The van der Waals surface area contributed by atoms with Crippen molar-refractivity contribution in [2.75, 3.05) is 6.54 Å². The van der Waals surface area contributed by atoms with Gasteiger partial charge in [-0.1, -0.05) is 19.2 Å². The van der Waals surface area contributed by atoms with Crippen molar-refractivity contribution in [3.63, 3.8) is 0 Å². The zero-order valence-corrected chi connectivity index (χ0v) is 8.93. The number of nitrogens with one attached hydrogen (secondary N) is 1. The molecule has 0 aromatic rings. The van der Waals surface area contributed by atoms with Crippen LogP contribution in [0.2, 0.25) is 0 Å². The van der Waals surface area contributed by atoms with Crippen LogP contribution in [-0.2, 0) is 4.79 Å². The molecule has 3 nitrogen and oxygen atoms in total. The van der Waals surface area contributed by atoms with Crippen LogP contribution >= 0.6 is 15.9 Å². The van der Waals surface area contributed by atoms with Crippen molar-refractivity contribution in [1.82, 2.24) is 5.32 Å². The summed E-state index contributed by atoms with van der Waals surface area (Å²) in [6.07, 6.45) is 3.53. The SMILES string of the molecule is C=C/C=C(/NC(=O)CCN)C(=C)Br. The molecule has 13 heavy (non-hydrogen) atoms. The minimum absolute atomic E-state index is 0.129. The van der Waals surface area contributed by atoms with Crippen molar-refractivity contribution < 1.29 is 4.79 Å². The largest absolute Gasteiger partial charge is 0.330 e. The lowest BCUT2D eigenvalue weighted by atomic mass is 10.3. The molecular formula is C9H13BrN2O. The van der Waals surface area contributed by atoms with E-state index < -0.39 is 0 Å². The average Bonchev–Trinajstić information content (AvgIpc) is 2.04. The first-order valence-electron chi connectivity index (χ1n) is 3.79. The van der Waals surface area contributed by atoms with E-state index >= 15 is 0 Å². The first-order valence-corrected chi connectivity index (χ1v) is 4.58. The van der Waals surface area contributed by atoms with Gasteiger partial charge in [0, 0.05) is 17.4 Å². The molecule has 0 radical (unpaired) electrons. The summed E-state index contributed by atoms with van der Waals surface area (Å²) in [6.45, 7) is 7.50. The van der Waals surface area contributed by atoms with Crippen LogP contribution in [0.25, 0.3) is 0 Å². The minimum Gasteiger partial charge on any atom is -0.330 e. The monoisotopic (exact) mass is 244 g/mol. The van der Waals surface area contributed by atoms with Gasteiger partial charge in [0.05, 0.1) is 5.70 Å². The molecule has 0 spiro atoms. The molecule has 0 heterocycles. The second-order valence-electron chi connectivity index (χ2n) is 2.31. The van der Waals surface area contributed by atoms with Gasteiger partial charge in [0.25, 0.3) is 0 Å². The van der Waals surface area contributed by atoms with Crippen LogP contribution in [0.3, 0.4) is 0 Å². The van der Waals surface area contributed by atoms with Gasteiger partial charge in [0.2, 0.25) is 5.91 Å². The van der Waals surface area contributed by atoms with Crippen LogP contribution in [0.15, 0.2) is 35.5 Å². The molecule has 72 valence electrons. The standard InChI is InChI=1S/C9H13BrN2O/c1-3-4-8(7(2)10)12-9(13)5-6-11/h3-4H,1-2,5-6,11H2,(H,12,13)/b8-4+. The Morgan fingerprint density at radius 1 is 1.62 bits per heavy atom. The summed E-state index contributed by atoms with van der Waals surface area (Å²) in [7, 11) is 0. The van der Waals surface area contributed by atoms with E-state index in [-0.39, 0.29) is 5.91 Å². The van der Waals surface area contributed by atoms with Crippen molar-refractivity contribution >= 4 is 21.8 Å². The second kappa shape index (κ2) is 6.62. The van der Waals surface area contributed by atoms with Crippen molar-refractivity contribution in [3.05, 3.63) is 35.5 Å². The maximum absolute atomic E-state index is 11.1. The number of carbonyl (C=O) groups is 1. The summed E-state index contributed by atoms with van der Waals surface area (Å²) in [5.74, 6) is -0.129. The summed E-state index contributed by atoms with van der Waals surface area (Å²) in [4.78, 5) is 11.1. The Hall–Kier alpha value is -0.870. The summed E-state index contributed by atoms with van der Waals surface area (Å²) in [5, 5.41) is 2.64. The third-order valence-electron chi connectivity index (χ3n) is 1.22.